The maximum absolute atomic E-state index is 11.0. The Kier molecular flexibility index (Phi) is 3.47. The maximum Gasteiger partial charge on any atom is 0.311 e. The second-order valence-corrected chi connectivity index (χ2v) is 4.01. The van der Waals surface area contributed by atoms with Crippen LogP contribution in [-0.2, 0) is 6.54 Å². The molecule has 0 amide bonds. The summed E-state index contributed by atoms with van der Waals surface area (Å²) in [6, 6.07) is 4.75. The molecule has 0 saturated carbocycles. The van der Waals surface area contributed by atoms with Crippen LogP contribution in [0.5, 0.6) is 0 Å². The molecule has 94 valence electrons. The minimum Gasteiger partial charge on any atom is -0.347 e. The van der Waals surface area contributed by atoms with Crippen LogP contribution in [0, 0.1) is 10.1 Å². The third-order valence-corrected chi connectivity index (χ3v) is 2.71. The van der Waals surface area contributed by atoms with E-state index >= 15 is 0 Å². The van der Waals surface area contributed by atoms with Crippen molar-refractivity contribution in [1.29, 1.82) is 0 Å². The third-order valence-electron chi connectivity index (χ3n) is 2.41. The number of hydrogen-bond donors (Lipinski definition) is 1. The topological polar surface area (TPSA) is 73.0 Å². The van der Waals surface area contributed by atoms with Crippen molar-refractivity contribution in [2.24, 2.45) is 0 Å². The van der Waals surface area contributed by atoms with E-state index in [0.717, 1.165) is 6.54 Å². The summed E-state index contributed by atoms with van der Waals surface area (Å²) in [5.74, 6) is 0. The molecule has 0 unspecified atom stereocenters. The lowest BCUT2D eigenvalue weighted by atomic mass is 10.2. The summed E-state index contributed by atoms with van der Waals surface area (Å²) in [5, 5.41) is 18.1. The molecule has 0 spiro atoms. The highest BCUT2D eigenvalue weighted by Crippen LogP contribution is 2.33. The number of para-hydroxylation sites is 1. The van der Waals surface area contributed by atoms with Crippen molar-refractivity contribution >= 4 is 28.7 Å². The highest BCUT2D eigenvalue weighted by atomic mass is 35.5. The molecule has 1 N–H and O–H groups in total. The summed E-state index contributed by atoms with van der Waals surface area (Å²) in [6.45, 7) is 2.69. The second-order valence-electron chi connectivity index (χ2n) is 3.60. The lowest BCUT2D eigenvalue weighted by molar-refractivity contribution is -0.383. The number of aryl methyl sites for hydroxylation is 1. The first-order valence-corrected chi connectivity index (χ1v) is 5.72. The fraction of sp³-hybridized carbons (Fsp3) is 0.182. The van der Waals surface area contributed by atoms with Gasteiger partial charge in [-0.2, -0.15) is 5.10 Å². The van der Waals surface area contributed by atoms with Gasteiger partial charge in [0.2, 0.25) is 0 Å². The van der Waals surface area contributed by atoms with Crippen molar-refractivity contribution in [2.45, 2.75) is 13.5 Å². The molecular weight excluding hydrogens is 256 g/mol. The molecule has 0 aliphatic rings. The number of nitro groups is 1. The van der Waals surface area contributed by atoms with Crippen molar-refractivity contribution in [2.75, 3.05) is 5.32 Å². The van der Waals surface area contributed by atoms with E-state index in [0.29, 0.717) is 11.4 Å². The van der Waals surface area contributed by atoms with Crippen molar-refractivity contribution in [3.05, 3.63) is 45.7 Å². The van der Waals surface area contributed by atoms with Gasteiger partial charge in [0.15, 0.2) is 0 Å². The predicted octanol–water partition coefficient (Wildman–Crippen LogP) is 3.21. The zero-order valence-electron chi connectivity index (χ0n) is 9.63. The molecule has 0 aliphatic heterocycles. The molecule has 1 heterocycles. The molecule has 0 aliphatic carbocycles. The first-order valence-electron chi connectivity index (χ1n) is 5.34. The summed E-state index contributed by atoms with van der Waals surface area (Å²) in [4.78, 5) is 10.4. The number of nitrogens with one attached hydrogen (secondary N) is 1. The van der Waals surface area contributed by atoms with Crippen LogP contribution in [-0.4, -0.2) is 14.7 Å². The maximum atomic E-state index is 11.0. The number of aromatic nitrogens is 2. The average molecular weight is 267 g/mol. The largest absolute Gasteiger partial charge is 0.347 e. The van der Waals surface area contributed by atoms with Gasteiger partial charge >= 0.3 is 5.69 Å². The van der Waals surface area contributed by atoms with Gasteiger partial charge in [-0.3, -0.25) is 14.8 Å². The Morgan fingerprint density at radius 1 is 1.56 bits per heavy atom. The Bertz CT molecular complexity index is 582. The van der Waals surface area contributed by atoms with Gasteiger partial charge in [-0.1, -0.05) is 17.7 Å². The van der Waals surface area contributed by atoms with Gasteiger partial charge in [0.25, 0.3) is 0 Å². The van der Waals surface area contributed by atoms with Gasteiger partial charge in [0.1, 0.15) is 10.7 Å². The number of nitro benzene ring substituents is 1. The van der Waals surface area contributed by atoms with Crippen molar-refractivity contribution in [1.82, 2.24) is 9.78 Å². The Morgan fingerprint density at radius 3 is 2.94 bits per heavy atom. The Labute approximate surface area is 108 Å². The van der Waals surface area contributed by atoms with E-state index in [2.05, 4.69) is 10.4 Å². The van der Waals surface area contributed by atoms with E-state index in [-0.39, 0.29) is 10.7 Å². The van der Waals surface area contributed by atoms with Crippen LogP contribution in [0.4, 0.5) is 17.1 Å². The lowest BCUT2D eigenvalue weighted by Crippen LogP contribution is -1.97. The first kappa shape index (κ1) is 12.4. The number of nitrogens with zero attached hydrogens (tertiary/aromatic N) is 3. The molecule has 1 aromatic carbocycles. The molecule has 0 fully saturated rings. The quantitative estimate of drug-likeness (QED) is 0.681. The Morgan fingerprint density at radius 2 is 2.33 bits per heavy atom. The fourth-order valence-corrected chi connectivity index (χ4v) is 1.80. The second kappa shape index (κ2) is 5.05. The number of rotatable bonds is 4. The Hall–Kier alpha value is -2.08. The number of benzene rings is 1. The normalized spacial score (nSPS) is 10.3. The average Bonchev–Trinajstić information content (AvgIpc) is 2.76. The van der Waals surface area contributed by atoms with E-state index < -0.39 is 4.92 Å². The smallest absolute Gasteiger partial charge is 0.311 e. The fourth-order valence-electron chi connectivity index (χ4n) is 1.56. The zero-order chi connectivity index (χ0) is 13.1. The SMILES string of the molecule is CCn1cc(Nc2cccc(Cl)c2[N+](=O)[O-])cn1. The number of halogens is 1. The molecule has 2 rings (SSSR count). The van der Waals surface area contributed by atoms with Crippen LogP contribution < -0.4 is 5.32 Å². The summed E-state index contributed by atoms with van der Waals surface area (Å²) in [5.41, 5.74) is 0.897. The highest BCUT2D eigenvalue weighted by Gasteiger charge is 2.18. The van der Waals surface area contributed by atoms with Gasteiger partial charge < -0.3 is 5.32 Å². The summed E-state index contributed by atoms with van der Waals surface area (Å²) in [7, 11) is 0. The van der Waals surface area contributed by atoms with Crippen molar-refractivity contribution in [3.63, 3.8) is 0 Å². The lowest BCUT2D eigenvalue weighted by Gasteiger charge is -2.05. The number of hydrogen-bond acceptors (Lipinski definition) is 4. The van der Waals surface area contributed by atoms with Crippen molar-refractivity contribution < 1.29 is 4.92 Å². The molecular formula is C11H11ClN4O2. The van der Waals surface area contributed by atoms with Gasteiger partial charge in [-0.05, 0) is 19.1 Å². The minimum absolute atomic E-state index is 0.105. The Balaban J connectivity index is 2.34. The van der Waals surface area contributed by atoms with Crippen LogP contribution in [0.2, 0.25) is 5.02 Å². The van der Waals surface area contributed by atoms with Crippen LogP contribution >= 0.6 is 11.6 Å². The van der Waals surface area contributed by atoms with Gasteiger partial charge in [-0.15, -0.1) is 0 Å². The van der Waals surface area contributed by atoms with E-state index in [9.17, 15) is 10.1 Å². The third kappa shape index (κ3) is 2.43. The van der Waals surface area contributed by atoms with E-state index in [4.69, 9.17) is 11.6 Å². The van der Waals surface area contributed by atoms with Gasteiger partial charge in [-0.25, -0.2) is 0 Å². The van der Waals surface area contributed by atoms with Crippen LogP contribution in [0.25, 0.3) is 0 Å². The van der Waals surface area contributed by atoms with Crippen LogP contribution in [0.3, 0.4) is 0 Å². The molecule has 18 heavy (non-hydrogen) atoms. The van der Waals surface area contributed by atoms with E-state index in [1.165, 1.54) is 6.07 Å². The molecule has 0 bridgehead atoms. The van der Waals surface area contributed by atoms with E-state index in [1.54, 1.807) is 29.2 Å². The standard InChI is InChI=1S/C11H11ClN4O2/c1-2-15-7-8(6-13-15)14-10-5-3-4-9(12)11(10)16(17)18/h3-7,14H,2H2,1H3. The predicted molar refractivity (Wildman–Crippen MR) is 69.3 cm³/mol. The first-order chi connectivity index (χ1) is 8.61. The molecule has 0 radical (unpaired) electrons. The summed E-state index contributed by atoms with van der Waals surface area (Å²) >= 11 is 5.82. The molecule has 2 aromatic rings. The molecule has 0 saturated heterocycles. The molecule has 0 atom stereocenters. The van der Waals surface area contributed by atoms with Crippen LogP contribution in [0.15, 0.2) is 30.6 Å². The van der Waals surface area contributed by atoms with Gasteiger partial charge in [0.05, 0.1) is 16.8 Å². The van der Waals surface area contributed by atoms with Crippen molar-refractivity contribution in [3.8, 4) is 0 Å². The van der Waals surface area contributed by atoms with Crippen LogP contribution in [0.1, 0.15) is 6.92 Å². The van der Waals surface area contributed by atoms with Gasteiger partial charge in [0, 0.05) is 12.7 Å². The monoisotopic (exact) mass is 266 g/mol. The number of anilines is 2. The summed E-state index contributed by atoms with van der Waals surface area (Å²) in [6.07, 6.45) is 3.37. The molecule has 1 aromatic heterocycles. The minimum atomic E-state index is -0.505. The zero-order valence-corrected chi connectivity index (χ0v) is 10.4. The molecule has 6 nitrogen and oxygen atoms in total. The van der Waals surface area contributed by atoms with E-state index in [1.807, 2.05) is 6.92 Å². The molecule has 7 heteroatoms. The summed E-state index contributed by atoms with van der Waals surface area (Å²) < 4.78 is 1.72. The highest BCUT2D eigenvalue weighted by molar-refractivity contribution is 6.33.